The molecular formula is C25H36O3. The fourth-order valence-electron chi connectivity index (χ4n) is 3.00. The van der Waals surface area contributed by atoms with E-state index in [0.717, 1.165) is 39.1 Å². The summed E-state index contributed by atoms with van der Waals surface area (Å²) in [5.41, 5.74) is 2.84. The van der Waals surface area contributed by atoms with Crippen LogP contribution in [-0.4, -0.2) is 37.6 Å². The van der Waals surface area contributed by atoms with Crippen molar-refractivity contribution in [3.63, 3.8) is 0 Å². The molecule has 1 atom stereocenters. The zero-order valence-electron chi connectivity index (χ0n) is 17.1. The Hall–Kier alpha value is -1.68. The lowest BCUT2D eigenvalue weighted by Crippen LogP contribution is -2.02. The molecule has 2 aromatic carbocycles. The number of hydrogen-bond acceptors (Lipinski definition) is 3. The molecule has 3 nitrogen and oxygen atoms in total. The smallest absolute Gasteiger partial charge is 0.104 e. The Morgan fingerprint density at radius 2 is 1.29 bits per heavy atom. The Labute approximate surface area is 170 Å². The highest BCUT2D eigenvalue weighted by atomic mass is 16.6. The molecule has 1 aliphatic rings. The molecule has 0 saturated carbocycles. The zero-order chi connectivity index (χ0) is 19.7. The summed E-state index contributed by atoms with van der Waals surface area (Å²) in [4.78, 5) is 0. The molecule has 1 heterocycles. The first-order valence-corrected chi connectivity index (χ1v) is 10.8. The van der Waals surface area contributed by atoms with E-state index < -0.39 is 0 Å². The largest absolute Gasteiger partial charge is 0.396 e. The highest BCUT2D eigenvalue weighted by Gasteiger charge is 2.21. The number of hydrogen-bond donors (Lipinski definition) is 1. The van der Waals surface area contributed by atoms with E-state index in [2.05, 4.69) is 54.6 Å². The number of benzene rings is 2. The summed E-state index contributed by atoms with van der Waals surface area (Å²) in [6.45, 7) is 2.90. The lowest BCUT2D eigenvalue weighted by Gasteiger charge is -2.03. The number of epoxide rings is 1. The molecule has 0 aromatic heterocycles. The van der Waals surface area contributed by atoms with E-state index in [-0.39, 0.29) is 0 Å². The quantitative estimate of drug-likeness (QED) is 0.381. The molecule has 1 N–H and O–H groups in total. The van der Waals surface area contributed by atoms with E-state index in [0.29, 0.717) is 12.7 Å². The van der Waals surface area contributed by atoms with E-state index >= 15 is 0 Å². The van der Waals surface area contributed by atoms with E-state index in [1.165, 1.54) is 43.2 Å². The molecule has 28 heavy (non-hydrogen) atoms. The van der Waals surface area contributed by atoms with Crippen molar-refractivity contribution in [1.29, 1.82) is 0 Å². The highest BCUT2D eigenvalue weighted by Crippen LogP contribution is 2.10. The second-order valence-corrected chi connectivity index (χ2v) is 7.35. The first-order valence-electron chi connectivity index (χ1n) is 10.8. The van der Waals surface area contributed by atoms with Crippen LogP contribution in [0.1, 0.15) is 49.7 Å². The summed E-state index contributed by atoms with van der Waals surface area (Å²) in [5, 5.41) is 8.56. The van der Waals surface area contributed by atoms with Crippen molar-refractivity contribution in [2.45, 2.75) is 57.5 Å². The average molecular weight is 385 g/mol. The van der Waals surface area contributed by atoms with Gasteiger partial charge in [0.25, 0.3) is 0 Å². The third-order valence-electron chi connectivity index (χ3n) is 4.77. The summed E-state index contributed by atoms with van der Waals surface area (Å²) in [5.74, 6) is 0. The Morgan fingerprint density at radius 3 is 1.79 bits per heavy atom. The number of unbranched alkanes of at least 4 members (excludes halogenated alkanes) is 4. The van der Waals surface area contributed by atoms with Crippen LogP contribution >= 0.6 is 0 Å². The standard InChI is InChI=1S/C14H20O2.C11H16O/c1-3-7-13(8-4-1)9-5-2-6-10-15-11-14-12-16-14;12-10-6-2-5-9-11-7-3-1-4-8-11/h1,3-4,7-8,14H,2,5-6,9-12H2;1,3-4,7-8,12H,2,5-6,9-10H2. The molecule has 0 aliphatic carbocycles. The number of aryl methyl sites for hydroxylation is 2. The summed E-state index contributed by atoms with van der Waals surface area (Å²) in [7, 11) is 0. The van der Waals surface area contributed by atoms with Gasteiger partial charge in [-0.1, -0.05) is 73.5 Å². The van der Waals surface area contributed by atoms with Gasteiger partial charge in [0.15, 0.2) is 0 Å². The maximum absolute atomic E-state index is 8.56. The molecule has 1 aliphatic heterocycles. The van der Waals surface area contributed by atoms with Crippen LogP contribution in [0, 0.1) is 0 Å². The average Bonchev–Trinajstić information content (AvgIpc) is 3.57. The van der Waals surface area contributed by atoms with Crippen LogP contribution in [0.15, 0.2) is 60.7 Å². The van der Waals surface area contributed by atoms with E-state index in [4.69, 9.17) is 14.6 Å². The van der Waals surface area contributed by atoms with Crippen molar-refractivity contribution >= 4 is 0 Å². The van der Waals surface area contributed by atoms with Gasteiger partial charge in [0.1, 0.15) is 6.10 Å². The lowest BCUT2D eigenvalue weighted by atomic mass is 10.1. The predicted molar refractivity (Wildman–Crippen MR) is 116 cm³/mol. The molecule has 3 heteroatoms. The van der Waals surface area contributed by atoms with Gasteiger partial charge in [-0.3, -0.25) is 0 Å². The molecule has 1 fully saturated rings. The van der Waals surface area contributed by atoms with E-state index in [9.17, 15) is 0 Å². The van der Waals surface area contributed by atoms with Crippen LogP contribution in [0.3, 0.4) is 0 Å². The van der Waals surface area contributed by atoms with Crippen molar-refractivity contribution in [2.75, 3.05) is 26.4 Å². The monoisotopic (exact) mass is 384 g/mol. The van der Waals surface area contributed by atoms with Gasteiger partial charge in [-0.05, 0) is 49.7 Å². The fourth-order valence-corrected chi connectivity index (χ4v) is 3.00. The van der Waals surface area contributed by atoms with Crippen LogP contribution in [0.4, 0.5) is 0 Å². The molecule has 3 rings (SSSR count). The van der Waals surface area contributed by atoms with Crippen LogP contribution < -0.4 is 0 Å². The Bertz CT molecular complexity index is 581. The molecule has 1 saturated heterocycles. The highest BCUT2D eigenvalue weighted by molar-refractivity contribution is 5.15. The minimum absolute atomic E-state index is 0.328. The molecule has 154 valence electrons. The minimum Gasteiger partial charge on any atom is -0.396 e. The van der Waals surface area contributed by atoms with Gasteiger partial charge >= 0.3 is 0 Å². The summed E-state index contributed by atoms with van der Waals surface area (Å²) in [6, 6.07) is 21.2. The van der Waals surface area contributed by atoms with Crippen molar-refractivity contribution in [3.8, 4) is 0 Å². The number of rotatable bonds is 13. The normalized spacial score (nSPS) is 15.0. The molecule has 0 spiro atoms. The molecule has 0 radical (unpaired) electrons. The van der Waals surface area contributed by atoms with Crippen LogP contribution in [-0.2, 0) is 22.3 Å². The molecule has 2 aromatic rings. The van der Waals surface area contributed by atoms with E-state index in [1.807, 2.05) is 6.07 Å². The van der Waals surface area contributed by atoms with Gasteiger partial charge in [-0.25, -0.2) is 0 Å². The zero-order valence-corrected chi connectivity index (χ0v) is 17.1. The van der Waals surface area contributed by atoms with Gasteiger partial charge in [0.2, 0.25) is 0 Å². The predicted octanol–water partition coefficient (Wildman–Crippen LogP) is 5.21. The summed E-state index contributed by atoms with van der Waals surface area (Å²) < 4.78 is 10.6. The first-order chi connectivity index (χ1) is 13.9. The first kappa shape index (κ1) is 22.6. The van der Waals surface area contributed by atoms with Crippen molar-refractivity contribution in [2.24, 2.45) is 0 Å². The minimum atomic E-state index is 0.328. The summed E-state index contributed by atoms with van der Waals surface area (Å²) >= 11 is 0. The van der Waals surface area contributed by atoms with E-state index in [1.54, 1.807) is 0 Å². The van der Waals surface area contributed by atoms with Gasteiger partial charge < -0.3 is 14.6 Å². The molecule has 0 bridgehead atoms. The topological polar surface area (TPSA) is 42.0 Å². The van der Waals surface area contributed by atoms with Gasteiger partial charge in [-0.2, -0.15) is 0 Å². The second-order valence-electron chi connectivity index (χ2n) is 7.35. The molecular weight excluding hydrogens is 348 g/mol. The second kappa shape index (κ2) is 15.3. The van der Waals surface area contributed by atoms with Crippen molar-refractivity contribution in [1.82, 2.24) is 0 Å². The van der Waals surface area contributed by atoms with Gasteiger partial charge in [-0.15, -0.1) is 0 Å². The molecule has 1 unspecified atom stereocenters. The fraction of sp³-hybridized carbons (Fsp3) is 0.520. The SMILES string of the molecule is OCCCCCc1ccccc1.c1ccc(CCCCCOCC2CO2)cc1. The summed E-state index contributed by atoms with van der Waals surface area (Å²) in [6.07, 6.45) is 9.66. The van der Waals surface area contributed by atoms with Gasteiger partial charge in [0.05, 0.1) is 13.2 Å². The Kier molecular flexibility index (Phi) is 12.3. The molecule has 0 amide bonds. The lowest BCUT2D eigenvalue weighted by molar-refractivity contribution is 0.113. The third kappa shape index (κ3) is 11.9. The Balaban J connectivity index is 0.000000209. The van der Waals surface area contributed by atoms with Crippen molar-refractivity contribution < 1.29 is 14.6 Å². The van der Waals surface area contributed by atoms with Gasteiger partial charge in [0, 0.05) is 13.2 Å². The van der Waals surface area contributed by atoms with Crippen molar-refractivity contribution in [3.05, 3.63) is 71.8 Å². The number of aliphatic hydroxyl groups is 1. The van der Waals surface area contributed by atoms with Crippen LogP contribution in [0.5, 0.6) is 0 Å². The maximum atomic E-state index is 8.56. The number of aliphatic hydroxyl groups excluding tert-OH is 1. The Morgan fingerprint density at radius 1 is 0.750 bits per heavy atom. The van der Waals surface area contributed by atoms with Crippen LogP contribution in [0.25, 0.3) is 0 Å². The maximum Gasteiger partial charge on any atom is 0.104 e. The number of ether oxygens (including phenoxy) is 2. The third-order valence-corrected chi connectivity index (χ3v) is 4.77. The van der Waals surface area contributed by atoms with Crippen LogP contribution in [0.2, 0.25) is 0 Å².